The zero-order chi connectivity index (χ0) is 19.1. The van der Waals surface area contributed by atoms with E-state index in [1.807, 2.05) is 0 Å². The summed E-state index contributed by atoms with van der Waals surface area (Å²) in [5.41, 5.74) is -0.837. The smallest absolute Gasteiger partial charge is 0.416 e. The lowest BCUT2D eigenvalue weighted by atomic mass is 10.1. The van der Waals surface area contributed by atoms with Crippen molar-refractivity contribution in [1.29, 1.82) is 0 Å². The molecule has 1 saturated heterocycles. The zero-order valence-corrected chi connectivity index (χ0v) is 13.8. The minimum Gasteiger partial charge on any atom is -0.508 e. The van der Waals surface area contributed by atoms with E-state index in [9.17, 15) is 27.9 Å². The number of aromatic hydroxyl groups is 1. The highest BCUT2D eigenvalue weighted by Gasteiger charge is 2.40. The van der Waals surface area contributed by atoms with Crippen LogP contribution in [0.5, 0.6) is 5.75 Å². The first kappa shape index (κ1) is 18.1. The van der Waals surface area contributed by atoms with Gasteiger partial charge >= 0.3 is 6.18 Å². The molecule has 3 rings (SSSR count). The number of carbonyl (C=O) groups is 2. The monoisotopic (exact) mass is 384 g/mol. The summed E-state index contributed by atoms with van der Waals surface area (Å²) in [6, 6.07) is 7.19. The number of imide groups is 1. The van der Waals surface area contributed by atoms with E-state index >= 15 is 0 Å². The summed E-state index contributed by atoms with van der Waals surface area (Å²) < 4.78 is 38.5. The fraction of sp³-hybridized carbons (Fsp3) is 0.176. The van der Waals surface area contributed by atoms with E-state index in [-0.39, 0.29) is 28.6 Å². The van der Waals surface area contributed by atoms with Gasteiger partial charge in [-0.25, -0.2) is 4.90 Å². The van der Waals surface area contributed by atoms with Gasteiger partial charge in [-0.1, -0.05) is 17.7 Å². The normalized spacial score (nSPS) is 17.7. The molecule has 0 bridgehead atoms. The van der Waals surface area contributed by atoms with E-state index in [4.69, 9.17) is 11.6 Å². The molecule has 2 aromatic carbocycles. The third-order valence-electron chi connectivity index (χ3n) is 3.86. The molecule has 0 radical (unpaired) electrons. The van der Waals surface area contributed by atoms with E-state index in [1.165, 1.54) is 24.3 Å². The first-order valence-corrected chi connectivity index (χ1v) is 7.84. The molecule has 0 aromatic heterocycles. The lowest BCUT2D eigenvalue weighted by molar-refractivity contribution is -0.137. The Morgan fingerprint density at radius 2 is 1.88 bits per heavy atom. The third-order valence-corrected chi connectivity index (χ3v) is 4.19. The van der Waals surface area contributed by atoms with Gasteiger partial charge in [0.2, 0.25) is 5.91 Å². The van der Waals surface area contributed by atoms with Crippen LogP contribution in [-0.4, -0.2) is 23.0 Å². The molecule has 0 spiro atoms. The molecule has 136 valence electrons. The van der Waals surface area contributed by atoms with Crippen molar-refractivity contribution in [2.45, 2.75) is 18.6 Å². The van der Waals surface area contributed by atoms with Crippen molar-refractivity contribution in [3.8, 4) is 5.75 Å². The summed E-state index contributed by atoms with van der Waals surface area (Å²) in [5, 5.41) is 12.1. The highest BCUT2D eigenvalue weighted by atomic mass is 35.5. The molecule has 2 amide bonds. The van der Waals surface area contributed by atoms with E-state index in [0.717, 1.165) is 23.1 Å². The van der Waals surface area contributed by atoms with Crippen LogP contribution in [0.3, 0.4) is 0 Å². The Labute approximate surface area is 151 Å². The molecule has 0 saturated carbocycles. The van der Waals surface area contributed by atoms with Crippen molar-refractivity contribution in [2.75, 3.05) is 10.2 Å². The van der Waals surface area contributed by atoms with Crippen LogP contribution in [0.15, 0.2) is 42.5 Å². The van der Waals surface area contributed by atoms with Crippen molar-refractivity contribution in [2.24, 2.45) is 0 Å². The standard InChI is InChI=1S/C17H12ClF3N2O3/c18-12-5-4-9(17(19,20)21)6-13(12)22-14-8-15(25)23(16(14)26)10-2-1-3-11(24)7-10/h1-7,14,22,24H,8H2. The molecule has 2 N–H and O–H groups in total. The van der Waals surface area contributed by atoms with Crippen molar-refractivity contribution < 1.29 is 27.9 Å². The maximum Gasteiger partial charge on any atom is 0.416 e. The first-order valence-electron chi connectivity index (χ1n) is 7.46. The SMILES string of the molecule is O=C1CC(Nc2cc(C(F)(F)F)ccc2Cl)C(=O)N1c1cccc(O)c1. The Kier molecular flexibility index (Phi) is 4.53. The fourth-order valence-electron chi connectivity index (χ4n) is 2.65. The van der Waals surface area contributed by atoms with E-state index in [2.05, 4.69) is 5.32 Å². The lowest BCUT2D eigenvalue weighted by Gasteiger charge is -2.17. The number of nitrogens with one attached hydrogen (secondary N) is 1. The Morgan fingerprint density at radius 1 is 1.15 bits per heavy atom. The predicted octanol–water partition coefficient (Wildman–Crippen LogP) is 3.81. The molecule has 1 fully saturated rings. The van der Waals surface area contributed by atoms with Gasteiger partial charge in [0, 0.05) is 6.07 Å². The molecule has 0 aliphatic carbocycles. The van der Waals surface area contributed by atoms with E-state index in [1.54, 1.807) is 0 Å². The number of halogens is 4. The average Bonchev–Trinajstić information content (AvgIpc) is 2.82. The number of hydrogen-bond acceptors (Lipinski definition) is 4. The van der Waals surface area contributed by atoms with Crippen LogP contribution in [0.4, 0.5) is 24.5 Å². The van der Waals surface area contributed by atoms with Crippen molar-refractivity contribution in [3.63, 3.8) is 0 Å². The Balaban J connectivity index is 1.86. The average molecular weight is 385 g/mol. The number of nitrogens with zero attached hydrogens (tertiary/aromatic N) is 1. The molecular formula is C17H12ClF3N2O3. The second-order valence-corrected chi connectivity index (χ2v) is 6.09. The molecular weight excluding hydrogens is 373 g/mol. The molecule has 1 unspecified atom stereocenters. The van der Waals surface area contributed by atoms with Gasteiger partial charge in [-0.05, 0) is 30.3 Å². The summed E-state index contributed by atoms with van der Waals surface area (Å²) in [5.74, 6) is -1.31. The van der Waals surface area contributed by atoms with Crippen LogP contribution in [0.2, 0.25) is 5.02 Å². The number of carbonyl (C=O) groups excluding carboxylic acids is 2. The number of rotatable bonds is 3. The van der Waals surface area contributed by atoms with Crippen LogP contribution in [0.1, 0.15) is 12.0 Å². The molecule has 1 aliphatic heterocycles. The molecule has 9 heteroatoms. The molecule has 5 nitrogen and oxygen atoms in total. The molecule has 2 aromatic rings. The van der Waals surface area contributed by atoms with Gasteiger partial charge in [-0.15, -0.1) is 0 Å². The highest BCUT2D eigenvalue weighted by Crippen LogP contribution is 2.35. The first-order chi connectivity index (χ1) is 12.2. The van der Waals surface area contributed by atoms with Crippen LogP contribution in [-0.2, 0) is 15.8 Å². The number of benzene rings is 2. The quantitative estimate of drug-likeness (QED) is 0.790. The van der Waals surface area contributed by atoms with Crippen molar-refractivity contribution in [3.05, 3.63) is 53.1 Å². The predicted molar refractivity (Wildman–Crippen MR) is 89.1 cm³/mol. The largest absolute Gasteiger partial charge is 0.508 e. The van der Waals surface area contributed by atoms with Crippen LogP contribution >= 0.6 is 11.6 Å². The van der Waals surface area contributed by atoms with Crippen LogP contribution in [0, 0.1) is 0 Å². The van der Waals surface area contributed by atoms with Gasteiger partial charge in [-0.2, -0.15) is 13.2 Å². The summed E-state index contributed by atoms with van der Waals surface area (Å²) in [6.07, 6.45) is -4.81. The minimum atomic E-state index is -4.57. The van der Waals surface area contributed by atoms with Gasteiger partial charge in [-0.3, -0.25) is 9.59 Å². The Bertz CT molecular complexity index is 886. The van der Waals surface area contributed by atoms with Gasteiger partial charge in [0.1, 0.15) is 11.8 Å². The maximum absolute atomic E-state index is 12.8. The topological polar surface area (TPSA) is 69.6 Å². The summed E-state index contributed by atoms with van der Waals surface area (Å²) in [4.78, 5) is 25.6. The minimum absolute atomic E-state index is 0.00551. The number of amides is 2. The number of anilines is 2. The van der Waals surface area contributed by atoms with Gasteiger partial charge in [0.15, 0.2) is 0 Å². The van der Waals surface area contributed by atoms with Crippen molar-refractivity contribution >= 4 is 34.8 Å². The van der Waals surface area contributed by atoms with Crippen LogP contribution in [0.25, 0.3) is 0 Å². The molecule has 26 heavy (non-hydrogen) atoms. The van der Waals surface area contributed by atoms with Gasteiger partial charge < -0.3 is 10.4 Å². The Morgan fingerprint density at radius 3 is 2.54 bits per heavy atom. The van der Waals surface area contributed by atoms with Gasteiger partial charge in [0.25, 0.3) is 5.91 Å². The third kappa shape index (κ3) is 3.45. The van der Waals surface area contributed by atoms with E-state index < -0.39 is 29.6 Å². The molecule has 1 atom stereocenters. The second-order valence-electron chi connectivity index (χ2n) is 5.68. The van der Waals surface area contributed by atoms with Crippen molar-refractivity contribution in [1.82, 2.24) is 0 Å². The molecule has 1 heterocycles. The maximum atomic E-state index is 12.8. The van der Waals surface area contributed by atoms with E-state index in [0.29, 0.717) is 0 Å². The number of phenols is 1. The fourth-order valence-corrected chi connectivity index (χ4v) is 2.82. The number of hydrogen-bond donors (Lipinski definition) is 2. The summed E-state index contributed by atoms with van der Waals surface area (Å²) in [6.45, 7) is 0. The van der Waals surface area contributed by atoms with Crippen LogP contribution < -0.4 is 10.2 Å². The number of alkyl halides is 3. The lowest BCUT2D eigenvalue weighted by Crippen LogP contribution is -2.34. The summed E-state index contributed by atoms with van der Waals surface area (Å²) in [7, 11) is 0. The van der Waals surface area contributed by atoms with Gasteiger partial charge in [0.05, 0.1) is 28.4 Å². The zero-order valence-electron chi connectivity index (χ0n) is 13.0. The second kappa shape index (κ2) is 6.53. The highest BCUT2D eigenvalue weighted by molar-refractivity contribution is 6.33. The Hall–Kier alpha value is -2.74. The summed E-state index contributed by atoms with van der Waals surface area (Å²) >= 11 is 5.91. The molecule has 1 aliphatic rings. The number of phenolic OH excluding ortho intramolecular Hbond substituents is 1.